The molecule has 0 radical (unpaired) electrons. The highest BCUT2D eigenvalue weighted by Gasteiger charge is 2.47. The number of hydrogen-bond donors (Lipinski definition) is 0. The van der Waals surface area contributed by atoms with Crippen LogP contribution in [0, 0.1) is 17.2 Å². The molecule has 2 aromatic heterocycles. The summed E-state index contributed by atoms with van der Waals surface area (Å²) in [5.74, 6) is 1.95. The largest absolute Gasteiger partial charge is 0.481 e. The van der Waals surface area contributed by atoms with Crippen LogP contribution < -0.4 is 9.64 Å². The van der Waals surface area contributed by atoms with Crippen molar-refractivity contribution < 1.29 is 14.3 Å². The van der Waals surface area contributed by atoms with E-state index in [-0.39, 0.29) is 24.6 Å². The van der Waals surface area contributed by atoms with E-state index in [9.17, 15) is 4.79 Å². The van der Waals surface area contributed by atoms with Gasteiger partial charge in [0.25, 0.3) is 0 Å². The Labute approximate surface area is 194 Å². The Morgan fingerprint density at radius 2 is 2.12 bits per heavy atom. The second-order valence-corrected chi connectivity index (χ2v) is 9.38. The first-order valence-corrected chi connectivity index (χ1v) is 11.6. The van der Waals surface area contributed by atoms with Crippen LogP contribution in [0.2, 0.25) is 0 Å². The van der Waals surface area contributed by atoms with Crippen LogP contribution >= 0.6 is 0 Å². The van der Waals surface area contributed by atoms with Crippen LogP contribution in [0.4, 0.5) is 5.82 Å². The molecule has 4 heterocycles. The van der Waals surface area contributed by atoms with Gasteiger partial charge in [0.05, 0.1) is 24.3 Å². The molecule has 1 aliphatic carbocycles. The number of rotatable bonds is 6. The summed E-state index contributed by atoms with van der Waals surface area (Å²) in [6, 6.07) is 10.2. The number of ether oxygens (including phenoxy) is 2. The highest BCUT2D eigenvalue weighted by atomic mass is 16.5. The fourth-order valence-corrected chi connectivity index (χ4v) is 5.51. The first-order chi connectivity index (χ1) is 16.0. The van der Waals surface area contributed by atoms with Gasteiger partial charge in [-0.05, 0) is 55.4 Å². The average molecular weight is 448 g/mol. The van der Waals surface area contributed by atoms with E-state index < -0.39 is 5.60 Å². The van der Waals surface area contributed by atoms with Crippen LogP contribution in [0.3, 0.4) is 0 Å². The molecule has 33 heavy (non-hydrogen) atoms. The fourth-order valence-electron chi connectivity index (χ4n) is 5.51. The molecular formula is C25H29N5O3. The van der Waals surface area contributed by atoms with E-state index in [0.717, 1.165) is 37.1 Å². The smallest absolute Gasteiger partial charge is 0.248 e. The molecule has 5 rings (SSSR count). The van der Waals surface area contributed by atoms with Gasteiger partial charge in [0, 0.05) is 37.6 Å². The Bertz CT molecular complexity index is 1060. The lowest BCUT2D eigenvalue weighted by Gasteiger charge is -2.44. The number of carbonyl (C=O) groups excluding carboxylic acids is 1. The summed E-state index contributed by atoms with van der Waals surface area (Å²) in [4.78, 5) is 26.2. The summed E-state index contributed by atoms with van der Waals surface area (Å²) in [7, 11) is 1.60. The molecule has 2 aliphatic heterocycles. The van der Waals surface area contributed by atoms with Gasteiger partial charge in [-0.1, -0.05) is 6.92 Å². The average Bonchev–Trinajstić information content (AvgIpc) is 3.02. The number of nitriles is 1. The number of piperazine rings is 1. The number of anilines is 1. The molecule has 3 atom stereocenters. The molecule has 3 fully saturated rings. The Morgan fingerprint density at radius 3 is 2.76 bits per heavy atom. The highest BCUT2D eigenvalue weighted by molar-refractivity contribution is 5.78. The van der Waals surface area contributed by atoms with Gasteiger partial charge in [0.1, 0.15) is 18.5 Å². The SMILES string of the molecule is COc1cc(C2(OCC(=O)N3CC4C[C@H](C)C(C3)N4c3ccc(C#N)cn3)CCC2)ccn1. The number of aromatic nitrogens is 2. The monoisotopic (exact) mass is 447 g/mol. The number of likely N-dealkylation sites (tertiary alicyclic amines) is 1. The molecule has 1 saturated carbocycles. The van der Waals surface area contributed by atoms with Crippen molar-refractivity contribution in [2.75, 3.05) is 31.7 Å². The van der Waals surface area contributed by atoms with E-state index in [1.54, 1.807) is 19.5 Å². The van der Waals surface area contributed by atoms with Gasteiger partial charge in [0.15, 0.2) is 0 Å². The summed E-state index contributed by atoms with van der Waals surface area (Å²) in [6.07, 6.45) is 7.25. The standard InChI is InChI=1S/C25H29N5O3/c1-17-10-20-14-29(15-21(17)30(20)22-5-4-18(12-26)13-28-22)24(31)16-33-25(7-3-8-25)19-6-9-27-23(11-19)32-2/h4-6,9,11,13,17,20-21H,3,7-8,10,14-16H2,1-2H3/t17-,20?,21?/m0/s1. The number of nitrogens with zero attached hydrogens (tertiary/aromatic N) is 5. The maximum absolute atomic E-state index is 13.2. The Kier molecular flexibility index (Phi) is 5.67. The third kappa shape index (κ3) is 3.91. The molecule has 2 saturated heterocycles. The Hall–Kier alpha value is -3.18. The molecular weight excluding hydrogens is 418 g/mol. The number of pyridine rings is 2. The zero-order valence-electron chi connectivity index (χ0n) is 19.1. The lowest BCUT2D eigenvalue weighted by atomic mass is 9.75. The predicted molar refractivity (Wildman–Crippen MR) is 122 cm³/mol. The fraction of sp³-hybridized carbons (Fsp3) is 0.520. The second-order valence-electron chi connectivity index (χ2n) is 9.38. The van der Waals surface area contributed by atoms with Crippen molar-refractivity contribution in [1.82, 2.24) is 14.9 Å². The quantitative estimate of drug-likeness (QED) is 0.672. The van der Waals surface area contributed by atoms with E-state index >= 15 is 0 Å². The van der Waals surface area contributed by atoms with Crippen LogP contribution in [-0.2, 0) is 15.1 Å². The van der Waals surface area contributed by atoms with Crippen molar-refractivity contribution in [3.05, 3.63) is 47.8 Å². The van der Waals surface area contributed by atoms with Crippen molar-refractivity contribution in [3.63, 3.8) is 0 Å². The van der Waals surface area contributed by atoms with E-state index in [1.807, 2.05) is 29.2 Å². The summed E-state index contributed by atoms with van der Waals surface area (Å²) < 4.78 is 11.6. The lowest BCUT2D eigenvalue weighted by molar-refractivity contribution is -0.154. The molecule has 2 bridgehead atoms. The molecule has 0 N–H and O–H groups in total. The number of fused-ring (bicyclic) bond motifs is 2. The van der Waals surface area contributed by atoms with E-state index in [4.69, 9.17) is 14.7 Å². The summed E-state index contributed by atoms with van der Waals surface area (Å²) in [6.45, 7) is 3.65. The van der Waals surface area contributed by atoms with Crippen LogP contribution in [0.15, 0.2) is 36.7 Å². The Balaban J connectivity index is 1.25. The molecule has 0 spiro atoms. The molecule has 0 aromatic carbocycles. The van der Waals surface area contributed by atoms with Crippen LogP contribution in [0.25, 0.3) is 0 Å². The van der Waals surface area contributed by atoms with E-state index in [1.165, 1.54) is 0 Å². The van der Waals surface area contributed by atoms with Crippen LogP contribution in [0.1, 0.15) is 43.7 Å². The third-order valence-electron chi connectivity index (χ3n) is 7.49. The van der Waals surface area contributed by atoms with Crippen molar-refractivity contribution in [2.45, 2.75) is 50.3 Å². The molecule has 8 heteroatoms. The Morgan fingerprint density at radius 1 is 1.27 bits per heavy atom. The number of amides is 1. The second kappa shape index (κ2) is 8.64. The maximum Gasteiger partial charge on any atom is 0.248 e. The first-order valence-electron chi connectivity index (χ1n) is 11.6. The molecule has 8 nitrogen and oxygen atoms in total. The number of carbonyl (C=O) groups is 1. The summed E-state index contributed by atoms with van der Waals surface area (Å²) in [5, 5.41) is 9.05. The van der Waals surface area contributed by atoms with Gasteiger partial charge in [-0.3, -0.25) is 4.79 Å². The van der Waals surface area contributed by atoms with Crippen LogP contribution in [-0.4, -0.2) is 59.7 Å². The lowest BCUT2D eigenvalue weighted by Crippen LogP contribution is -2.57. The normalized spacial score (nSPS) is 25.3. The van der Waals surface area contributed by atoms with Gasteiger partial charge < -0.3 is 19.3 Å². The third-order valence-corrected chi connectivity index (χ3v) is 7.49. The summed E-state index contributed by atoms with van der Waals surface area (Å²) >= 11 is 0. The maximum atomic E-state index is 13.2. The number of methoxy groups -OCH3 is 1. The van der Waals surface area contributed by atoms with Gasteiger partial charge in [0.2, 0.25) is 11.8 Å². The van der Waals surface area contributed by atoms with Crippen LogP contribution in [0.5, 0.6) is 5.88 Å². The molecule has 2 unspecified atom stereocenters. The van der Waals surface area contributed by atoms with Gasteiger partial charge in [-0.2, -0.15) is 5.26 Å². The minimum absolute atomic E-state index is 0.0406. The van der Waals surface area contributed by atoms with Crippen molar-refractivity contribution in [2.24, 2.45) is 5.92 Å². The van der Waals surface area contributed by atoms with Gasteiger partial charge >= 0.3 is 0 Å². The van der Waals surface area contributed by atoms with E-state index in [2.05, 4.69) is 27.9 Å². The highest BCUT2D eigenvalue weighted by Crippen LogP contribution is 2.45. The topological polar surface area (TPSA) is 91.6 Å². The molecule has 1 amide bonds. The zero-order chi connectivity index (χ0) is 23.0. The summed E-state index contributed by atoms with van der Waals surface area (Å²) in [5.41, 5.74) is 1.16. The molecule has 2 aromatic rings. The first kappa shape index (κ1) is 21.7. The van der Waals surface area contributed by atoms with Gasteiger partial charge in [-0.25, -0.2) is 9.97 Å². The van der Waals surface area contributed by atoms with Crippen molar-refractivity contribution in [1.29, 1.82) is 5.26 Å². The van der Waals surface area contributed by atoms with E-state index in [0.29, 0.717) is 30.5 Å². The van der Waals surface area contributed by atoms with Crippen molar-refractivity contribution in [3.8, 4) is 11.9 Å². The molecule has 172 valence electrons. The predicted octanol–water partition coefficient (Wildman–Crippen LogP) is 2.88. The zero-order valence-corrected chi connectivity index (χ0v) is 19.1. The number of hydrogen-bond acceptors (Lipinski definition) is 7. The minimum atomic E-state index is -0.424. The molecule has 3 aliphatic rings. The van der Waals surface area contributed by atoms with Crippen molar-refractivity contribution >= 4 is 11.7 Å². The minimum Gasteiger partial charge on any atom is -0.481 e. The van der Waals surface area contributed by atoms with Gasteiger partial charge in [-0.15, -0.1) is 0 Å².